The van der Waals surface area contributed by atoms with Crippen LogP contribution in [0.3, 0.4) is 0 Å². The Morgan fingerprint density at radius 2 is 1.24 bits per heavy atom. The molecule has 0 aliphatic carbocycles. The van der Waals surface area contributed by atoms with Crippen LogP contribution in [0.1, 0.15) is 33.6 Å². The third kappa shape index (κ3) is 14.6. The van der Waals surface area contributed by atoms with Gasteiger partial charge in [-0.3, -0.25) is 0 Å². The molecule has 0 aliphatic rings. The van der Waals surface area contributed by atoms with Gasteiger partial charge in [-0.05, 0) is 24.2 Å². The first-order valence-electron chi connectivity index (χ1n) is 10.8. The molecule has 0 aliphatic heterocycles. The van der Waals surface area contributed by atoms with E-state index < -0.39 is 24.1 Å². The monoisotopic (exact) mass is 470 g/mol. The molecule has 0 aromatic carbocycles. The van der Waals surface area contributed by atoms with Crippen molar-refractivity contribution in [2.24, 2.45) is 11.3 Å². The Morgan fingerprint density at radius 1 is 0.818 bits per heavy atom. The Labute approximate surface area is 196 Å². The zero-order chi connectivity index (χ0) is 25.4. The van der Waals surface area contributed by atoms with Crippen molar-refractivity contribution in [1.29, 1.82) is 0 Å². The van der Waals surface area contributed by atoms with Gasteiger partial charge in [-0.1, -0.05) is 33.9 Å². The molecule has 0 aromatic heterocycles. The van der Waals surface area contributed by atoms with E-state index in [4.69, 9.17) is 18.9 Å². The molecule has 2 amide bonds. The van der Waals surface area contributed by atoms with E-state index in [1.807, 2.05) is 0 Å². The van der Waals surface area contributed by atoms with Gasteiger partial charge in [-0.15, -0.1) is 0 Å². The smallest absolute Gasteiger partial charge is 0.409 e. The van der Waals surface area contributed by atoms with Gasteiger partial charge in [0.1, 0.15) is 26.4 Å². The van der Waals surface area contributed by atoms with Gasteiger partial charge in [0, 0.05) is 39.3 Å². The van der Waals surface area contributed by atoms with Gasteiger partial charge < -0.3 is 28.7 Å². The molecule has 10 nitrogen and oxygen atoms in total. The average molecular weight is 471 g/mol. The summed E-state index contributed by atoms with van der Waals surface area (Å²) in [5, 5.41) is 0. The van der Waals surface area contributed by atoms with Gasteiger partial charge in [0.15, 0.2) is 0 Å². The summed E-state index contributed by atoms with van der Waals surface area (Å²) < 4.78 is 19.7. The summed E-state index contributed by atoms with van der Waals surface area (Å²) in [6.07, 6.45) is 2.68. The predicted molar refractivity (Wildman–Crippen MR) is 122 cm³/mol. The van der Waals surface area contributed by atoms with E-state index in [9.17, 15) is 19.2 Å². The molecular formula is C23H38N2O8. The highest BCUT2D eigenvalue weighted by Crippen LogP contribution is 2.28. The number of nitrogens with zero attached hydrogens (tertiary/aromatic N) is 2. The minimum Gasteiger partial charge on any atom is -0.459 e. The lowest BCUT2D eigenvalue weighted by atomic mass is 9.82. The Kier molecular flexibility index (Phi) is 14.3. The number of amides is 2. The summed E-state index contributed by atoms with van der Waals surface area (Å²) in [4.78, 5) is 49.0. The van der Waals surface area contributed by atoms with Crippen LogP contribution < -0.4 is 0 Å². The molecule has 1 atom stereocenters. The molecule has 10 heteroatoms. The molecule has 0 aromatic rings. The molecule has 0 bridgehead atoms. The normalized spacial score (nSPS) is 11.5. The average Bonchev–Trinajstić information content (AvgIpc) is 2.76. The number of rotatable bonds is 15. The molecule has 0 saturated heterocycles. The molecule has 0 N–H and O–H groups in total. The topological polar surface area (TPSA) is 112 Å². The fourth-order valence-electron chi connectivity index (χ4n) is 3.20. The molecule has 0 rings (SSSR count). The van der Waals surface area contributed by atoms with Crippen molar-refractivity contribution >= 4 is 24.1 Å². The van der Waals surface area contributed by atoms with Crippen molar-refractivity contribution in [3.8, 4) is 0 Å². The zero-order valence-corrected chi connectivity index (χ0v) is 20.5. The molecule has 1 unspecified atom stereocenters. The maximum absolute atomic E-state index is 12.1. The molecule has 0 heterocycles. The lowest BCUT2D eigenvalue weighted by Gasteiger charge is -2.32. The zero-order valence-electron chi connectivity index (χ0n) is 20.5. The van der Waals surface area contributed by atoms with Crippen LogP contribution in [0.25, 0.3) is 0 Å². The standard InChI is InChI=1S/C23H38N2O8/c1-8-19(26)30-12-14-32-21(28)24(6)11-10-18(3)16-23(4,5)17-25(7)22(29)33-15-13-31-20(27)9-2/h8-9,18H,1-2,10-17H2,3-7H3. The second kappa shape index (κ2) is 15.7. The van der Waals surface area contributed by atoms with Crippen LogP contribution in [-0.2, 0) is 28.5 Å². The van der Waals surface area contributed by atoms with Gasteiger partial charge >= 0.3 is 24.1 Å². The van der Waals surface area contributed by atoms with E-state index in [2.05, 4.69) is 33.9 Å². The van der Waals surface area contributed by atoms with Crippen LogP contribution in [0.2, 0.25) is 0 Å². The van der Waals surface area contributed by atoms with E-state index in [1.165, 1.54) is 9.80 Å². The van der Waals surface area contributed by atoms with Crippen molar-refractivity contribution in [2.75, 3.05) is 53.6 Å². The number of hydrogen-bond acceptors (Lipinski definition) is 8. The van der Waals surface area contributed by atoms with Crippen LogP contribution in [0, 0.1) is 11.3 Å². The number of esters is 2. The molecule has 0 spiro atoms. The lowest BCUT2D eigenvalue weighted by molar-refractivity contribution is -0.139. The van der Waals surface area contributed by atoms with Gasteiger partial charge in [0.2, 0.25) is 0 Å². The first kappa shape index (κ1) is 30.0. The quantitative estimate of drug-likeness (QED) is 0.155. The summed E-state index contributed by atoms with van der Waals surface area (Å²) in [6.45, 7) is 13.6. The summed E-state index contributed by atoms with van der Waals surface area (Å²) >= 11 is 0. The van der Waals surface area contributed by atoms with E-state index in [-0.39, 0.29) is 37.8 Å². The second-order valence-electron chi connectivity index (χ2n) is 8.51. The number of carbonyl (C=O) groups is 4. The number of ether oxygens (including phenoxy) is 4. The Hall–Kier alpha value is -3.04. The molecular weight excluding hydrogens is 432 g/mol. The third-order valence-corrected chi connectivity index (χ3v) is 4.59. The highest BCUT2D eigenvalue weighted by atomic mass is 16.6. The minimum absolute atomic E-state index is 0.0229. The first-order valence-corrected chi connectivity index (χ1v) is 10.8. The van der Waals surface area contributed by atoms with Gasteiger partial charge in [-0.25, -0.2) is 19.2 Å². The van der Waals surface area contributed by atoms with E-state index in [0.717, 1.165) is 25.0 Å². The largest absolute Gasteiger partial charge is 0.459 e. The molecule has 0 saturated carbocycles. The summed E-state index contributed by atoms with van der Waals surface area (Å²) in [5.41, 5.74) is -0.184. The van der Waals surface area contributed by atoms with Crippen LogP contribution >= 0.6 is 0 Å². The second-order valence-corrected chi connectivity index (χ2v) is 8.51. The van der Waals surface area contributed by atoms with E-state index in [1.54, 1.807) is 14.1 Å². The first-order chi connectivity index (χ1) is 15.4. The van der Waals surface area contributed by atoms with Crippen molar-refractivity contribution < 1.29 is 38.1 Å². The lowest BCUT2D eigenvalue weighted by Crippen LogP contribution is -2.38. The molecule has 0 fully saturated rings. The number of hydrogen-bond donors (Lipinski definition) is 0. The Bertz CT molecular complexity index is 677. The predicted octanol–water partition coefficient (Wildman–Crippen LogP) is 3.02. The Morgan fingerprint density at radius 3 is 1.70 bits per heavy atom. The highest BCUT2D eigenvalue weighted by Gasteiger charge is 2.26. The van der Waals surface area contributed by atoms with Crippen molar-refractivity contribution in [3.63, 3.8) is 0 Å². The van der Waals surface area contributed by atoms with Crippen molar-refractivity contribution in [3.05, 3.63) is 25.3 Å². The van der Waals surface area contributed by atoms with E-state index >= 15 is 0 Å². The van der Waals surface area contributed by atoms with Gasteiger partial charge in [-0.2, -0.15) is 0 Å². The van der Waals surface area contributed by atoms with Crippen molar-refractivity contribution in [2.45, 2.75) is 33.6 Å². The van der Waals surface area contributed by atoms with Crippen LogP contribution in [0.5, 0.6) is 0 Å². The van der Waals surface area contributed by atoms with Crippen molar-refractivity contribution in [1.82, 2.24) is 9.80 Å². The van der Waals surface area contributed by atoms with Gasteiger partial charge in [0.25, 0.3) is 0 Å². The van der Waals surface area contributed by atoms with Crippen LogP contribution in [0.15, 0.2) is 25.3 Å². The SMILES string of the molecule is C=CC(=O)OCCOC(=O)N(C)CCC(C)CC(C)(C)CN(C)C(=O)OCCOC(=O)C=C. The van der Waals surface area contributed by atoms with Gasteiger partial charge in [0.05, 0.1) is 0 Å². The highest BCUT2D eigenvalue weighted by molar-refractivity contribution is 5.81. The van der Waals surface area contributed by atoms with E-state index in [0.29, 0.717) is 13.1 Å². The minimum atomic E-state index is -0.567. The molecule has 0 radical (unpaired) electrons. The third-order valence-electron chi connectivity index (χ3n) is 4.59. The fourth-order valence-corrected chi connectivity index (χ4v) is 3.20. The maximum Gasteiger partial charge on any atom is 0.409 e. The van der Waals surface area contributed by atoms with Crippen LogP contribution in [0.4, 0.5) is 9.59 Å². The molecule has 33 heavy (non-hydrogen) atoms. The molecule has 188 valence electrons. The van der Waals surface area contributed by atoms with Crippen LogP contribution in [-0.4, -0.2) is 87.5 Å². The Balaban J connectivity index is 4.25. The summed E-state index contributed by atoms with van der Waals surface area (Å²) in [5.74, 6) is -0.849. The summed E-state index contributed by atoms with van der Waals surface area (Å²) in [7, 11) is 3.30. The summed E-state index contributed by atoms with van der Waals surface area (Å²) in [6, 6.07) is 0. The maximum atomic E-state index is 12.1. The fraction of sp³-hybridized carbons (Fsp3) is 0.652. The number of carbonyl (C=O) groups excluding carboxylic acids is 4.